The summed E-state index contributed by atoms with van der Waals surface area (Å²) in [5.74, 6) is 4.26. The van der Waals surface area contributed by atoms with Crippen molar-refractivity contribution in [2.24, 2.45) is 4.36 Å². The molecular formula is C24H16N2O4S. The molecule has 0 saturated carbocycles. The molecule has 6 nitrogen and oxygen atoms in total. The summed E-state index contributed by atoms with van der Waals surface area (Å²) in [6.45, 7) is 0. The van der Waals surface area contributed by atoms with Gasteiger partial charge >= 0.3 is 0 Å². The fourth-order valence-electron chi connectivity index (χ4n) is 3.13. The molecule has 152 valence electrons. The minimum atomic E-state index is -2.89. The maximum Gasteiger partial charge on any atom is 0.286 e. The maximum atomic E-state index is 12.8. The fourth-order valence-corrected chi connectivity index (χ4v) is 4.32. The normalized spacial score (nSPS) is 14.2. The van der Waals surface area contributed by atoms with Crippen LogP contribution < -0.4 is 0 Å². The zero-order valence-electron chi connectivity index (χ0n) is 16.5. The average Bonchev–Trinajstić information content (AvgIpc) is 3.06. The van der Waals surface area contributed by atoms with E-state index >= 15 is 0 Å². The van der Waals surface area contributed by atoms with Crippen molar-refractivity contribution in [3.8, 4) is 11.8 Å². The molecule has 1 amide bonds. The standard InChI is InChI=1S/C24H16N2O4S/c1-31(30,20-5-3-2-4-6-20)26-24(29)19-11-17(14-25-15-19)8-7-16-9-10-18-13-22(27)23(28)21(18)12-16/h2-6,9-12,14-15H,13H2,1H3. The number of carbonyl (C=O) groups excluding carboxylic acids is 3. The Morgan fingerprint density at radius 2 is 1.74 bits per heavy atom. The molecule has 3 aromatic rings. The first-order valence-corrected chi connectivity index (χ1v) is 11.2. The first kappa shape index (κ1) is 20.4. The van der Waals surface area contributed by atoms with E-state index in [1.165, 1.54) is 24.7 Å². The highest BCUT2D eigenvalue weighted by molar-refractivity contribution is 7.93. The van der Waals surface area contributed by atoms with Crippen molar-refractivity contribution >= 4 is 27.2 Å². The Morgan fingerprint density at radius 3 is 2.52 bits per heavy atom. The monoisotopic (exact) mass is 428 g/mol. The lowest BCUT2D eigenvalue weighted by molar-refractivity contribution is -0.114. The number of nitrogens with zero attached hydrogens (tertiary/aromatic N) is 2. The minimum Gasteiger partial charge on any atom is -0.290 e. The first-order valence-electron chi connectivity index (χ1n) is 9.32. The largest absolute Gasteiger partial charge is 0.290 e. The van der Waals surface area contributed by atoms with E-state index in [-0.39, 0.29) is 12.0 Å². The van der Waals surface area contributed by atoms with Gasteiger partial charge in [-0.05, 0) is 35.9 Å². The second-order valence-corrected chi connectivity index (χ2v) is 9.28. The van der Waals surface area contributed by atoms with E-state index in [1.807, 2.05) is 0 Å². The number of rotatable bonds is 2. The number of ketones is 2. The van der Waals surface area contributed by atoms with E-state index in [4.69, 9.17) is 0 Å². The summed E-state index contributed by atoms with van der Waals surface area (Å²) in [5.41, 5.74) is 2.30. The van der Waals surface area contributed by atoms with E-state index in [1.54, 1.807) is 48.5 Å². The number of carbonyl (C=O) groups is 3. The highest BCUT2D eigenvalue weighted by Crippen LogP contribution is 2.20. The minimum absolute atomic E-state index is 0.128. The van der Waals surface area contributed by atoms with Crippen LogP contribution in [0, 0.1) is 11.8 Å². The predicted molar refractivity (Wildman–Crippen MR) is 115 cm³/mol. The summed E-state index contributed by atoms with van der Waals surface area (Å²) in [6, 6.07) is 15.2. The second kappa shape index (κ2) is 8.09. The molecule has 1 aliphatic carbocycles. The van der Waals surface area contributed by atoms with E-state index in [9.17, 15) is 18.6 Å². The molecule has 1 unspecified atom stereocenters. The number of fused-ring (bicyclic) bond motifs is 1. The van der Waals surface area contributed by atoms with Crippen LogP contribution in [-0.4, -0.2) is 32.9 Å². The van der Waals surface area contributed by atoms with Gasteiger partial charge in [-0.25, -0.2) is 4.21 Å². The summed E-state index contributed by atoms with van der Waals surface area (Å²) in [5, 5.41) is 0. The lowest BCUT2D eigenvalue weighted by Gasteiger charge is -2.03. The third-order valence-electron chi connectivity index (χ3n) is 4.73. The van der Waals surface area contributed by atoms with Crippen LogP contribution in [0.3, 0.4) is 0 Å². The zero-order valence-corrected chi connectivity index (χ0v) is 17.3. The van der Waals surface area contributed by atoms with Crippen molar-refractivity contribution in [3.63, 3.8) is 0 Å². The number of aromatic nitrogens is 1. The van der Waals surface area contributed by atoms with Crippen molar-refractivity contribution in [1.29, 1.82) is 0 Å². The van der Waals surface area contributed by atoms with Gasteiger partial charge < -0.3 is 0 Å². The van der Waals surface area contributed by atoms with Gasteiger partial charge in [0.25, 0.3) is 5.91 Å². The lowest BCUT2D eigenvalue weighted by Crippen LogP contribution is -2.05. The topological polar surface area (TPSA) is 93.5 Å². The Labute approximate surface area is 179 Å². The molecular weight excluding hydrogens is 412 g/mol. The number of hydrogen-bond acceptors (Lipinski definition) is 5. The number of amides is 1. The lowest BCUT2D eigenvalue weighted by atomic mass is 10.1. The molecule has 0 radical (unpaired) electrons. The Hall–Kier alpha value is -3.89. The Kier molecular flexibility index (Phi) is 5.32. The quantitative estimate of drug-likeness (QED) is 0.462. The van der Waals surface area contributed by atoms with Gasteiger partial charge in [-0.15, -0.1) is 0 Å². The molecule has 4 rings (SSSR count). The van der Waals surface area contributed by atoms with E-state index in [2.05, 4.69) is 21.2 Å². The molecule has 7 heteroatoms. The van der Waals surface area contributed by atoms with Crippen LogP contribution in [0.2, 0.25) is 0 Å². The first-order chi connectivity index (χ1) is 14.8. The SMILES string of the molecule is CS(=O)(=NC(=O)c1cncc(C#Cc2ccc3c(c2)C(=O)C(=O)C3)c1)c1ccccc1. The van der Waals surface area contributed by atoms with Gasteiger partial charge in [0.05, 0.1) is 15.3 Å². The Morgan fingerprint density at radius 1 is 1.00 bits per heavy atom. The molecule has 1 aromatic heterocycles. The summed E-state index contributed by atoms with van der Waals surface area (Å²) < 4.78 is 16.7. The van der Waals surface area contributed by atoms with Gasteiger partial charge in [-0.1, -0.05) is 36.1 Å². The Balaban J connectivity index is 1.60. The van der Waals surface area contributed by atoms with Crippen LogP contribution >= 0.6 is 0 Å². The third kappa shape index (κ3) is 4.34. The van der Waals surface area contributed by atoms with Crippen LogP contribution in [0.15, 0.2) is 76.2 Å². The third-order valence-corrected chi connectivity index (χ3v) is 6.39. The second-order valence-electron chi connectivity index (χ2n) is 7.03. The fraction of sp³-hybridized carbons (Fsp3) is 0.0833. The smallest absolute Gasteiger partial charge is 0.286 e. The predicted octanol–water partition coefficient (Wildman–Crippen LogP) is 3.09. The molecule has 0 fully saturated rings. The highest BCUT2D eigenvalue weighted by Gasteiger charge is 2.27. The van der Waals surface area contributed by atoms with E-state index < -0.39 is 27.2 Å². The summed E-state index contributed by atoms with van der Waals surface area (Å²) in [4.78, 5) is 40.5. The molecule has 0 spiro atoms. The molecule has 1 atom stereocenters. The molecule has 0 saturated heterocycles. The molecule has 0 bridgehead atoms. The van der Waals surface area contributed by atoms with Crippen molar-refractivity contribution in [2.45, 2.75) is 11.3 Å². The van der Waals surface area contributed by atoms with Crippen molar-refractivity contribution in [1.82, 2.24) is 4.98 Å². The van der Waals surface area contributed by atoms with Gasteiger partial charge in [-0.2, -0.15) is 4.36 Å². The number of benzene rings is 2. The highest BCUT2D eigenvalue weighted by atomic mass is 32.2. The molecule has 1 aliphatic rings. The summed E-state index contributed by atoms with van der Waals surface area (Å²) >= 11 is 0. The molecule has 1 heterocycles. The Bertz CT molecular complexity index is 1420. The summed E-state index contributed by atoms with van der Waals surface area (Å²) in [6.07, 6.45) is 4.38. The van der Waals surface area contributed by atoms with Crippen molar-refractivity contribution in [2.75, 3.05) is 6.26 Å². The summed E-state index contributed by atoms with van der Waals surface area (Å²) in [7, 11) is -2.89. The van der Waals surface area contributed by atoms with Gasteiger partial charge in [0.1, 0.15) is 0 Å². The van der Waals surface area contributed by atoms with Crippen LogP contribution in [-0.2, 0) is 20.9 Å². The molecule has 2 aromatic carbocycles. The molecule has 31 heavy (non-hydrogen) atoms. The number of pyridine rings is 1. The number of Topliss-reactive ketones (excluding diaryl/α,β-unsaturated/α-hetero) is 2. The van der Waals surface area contributed by atoms with Crippen LogP contribution in [0.5, 0.6) is 0 Å². The van der Waals surface area contributed by atoms with Crippen LogP contribution in [0.4, 0.5) is 0 Å². The van der Waals surface area contributed by atoms with Gasteiger partial charge in [-0.3, -0.25) is 19.4 Å². The van der Waals surface area contributed by atoms with Gasteiger partial charge in [0, 0.05) is 46.7 Å². The van der Waals surface area contributed by atoms with Gasteiger partial charge in [0.2, 0.25) is 11.6 Å². The molecule has 0 N–H and O–H groups in total. The van der Waals surface area contributed by atoms with E-state index in [0.717, 1.165) is 0 Å². The zero-order chi connectivity index (χ0) is 22.0. The maximum absolute atomic E-state index is 12.8. The van der Waals surface area contributed by atoms with Crippen molar-refractivity contribution in [3.05, 3.63) is 94.8 Å². The number of hydrogen-bond donors (Lipinski definition) is 0. The van der Waals surface area contributed by atoms with E-state index in [0.29, 0.717) is 27.1 Å². The van der Waals surface area contributed by atoms with Crippen LogP contribution in [0.1, 0.15) is 37.4 Å². The van der Waals surface area contributed by atoms with Crippen molar-refractivity contribution < 1.29 is 18.6 Å². The van der Waals surface area contributed by atoms with Crippen LogP contribution in [0.25, 0.3) is 0 Å². The van der Waals surface area contributed by atoms with Gasteiger partial charge in [0.15, 0.2) is 0 Å². The average molecular weight is 428 g/mol. The molecule has 0 aliphatic heterocycles.